The van der Waals surface area contributed by atoms with E-state index in [1.54, 1.807) is 28.9 Å². The standard InChI is InChI=1S/C45H48Cl2N6O6/c1-25-18-31(19-26(2)40(25)47)58-14-7-8-33-34-9-10-35(46)39(38-28(4)48-24-49-29(38)5)42(34)53-27(3)23-52(44(54)43(33)53)36-22-32(59-17-13-51-11-15-57-16-12-51)20-30-21-37(45(55)56)50(6)41(30)36/h9-10,18-22,24,27H,7-8,11-17,23H2,1-6H3,(H,55,56)/t27-/m1/s1. The Hall–Kier alpha value is -5.14. The quantitative estimate of drug-likeness (QED) is 0.121. The van der Waals surface area contributed by atoms with Gasteiger partial charge in [0.05, 0.1) is 41.6 Å². The topological polar surface area (TPSA) is 124 Å². The highest BCUT2D eigenvalue weighted by Crippen LogP contribution is 2.46. The Morgan fingerprint density at radius 3 is 2.29 bits per heavy atom. The molecule has 0 bridgehead atoms. The molecule has 2 aliphatic rings. The van der Waals surface area contributed by atoms with Crippen LogP contribution in [0.4, 0.5) is 5.69 Å². The van der Waals surface area contributed by atoms with Crippen molar-refractivity contribution in [3.63, 3.8) is 0 Å². The third-order valence-corrected chi connectivity index (χ3v) is 12.6. The summed E-state index contributed by atoms with van der Waals surface area (Å²) >= 11 is 13.6. The lowest BCUT2D eigenvalue weighted by Crippen LogP contribution is -2.43. The van der Waals surface area contributed by atoms with E-state index >= 15 is 4.79 Å². The Labute approximate surface area is 353 Å². The minimum absolute atomic E-state index is 0.111. The van der Waals surface area contributed by atoms with Crippen molar-refractivity contribution in [2.45, 2.75) is 53.5 Å². The van der Waals surface area contributed by atoms with E-state index in [0.29, 0.717) is 85.4 Å². The molecule has 0 radical (unpaired) electrons. The predicted octanol–water partition coefficient (Wildman–Crippen LogP) is 8.77. The molecule has 308 valence electrons. The van der Waals surface area contributed by atoms with Crippen molar-refractivity contribution >= 4 is 62.6 Å². The van der Waals surface area contributed by atoms with Crippen LogP contribution < -0.4 is 14.4 Å². The number of halogens is 2. The number of nitrogens with zero attached hydrogens (tertiary/aromatic N) is 6. The summed E-state index contributed by atoms with van der Waals surface area (Å²) in [7, 11) is 1.72. The molecule has 1 N–H and O–H groups in total. The number of morpholine rings is 1. The van der Waals surface area contributed by atoms with Gasteiger partial charge in [-0.1, -0.05) is 29.3 Å². The average molecular weight is 840 g/mol. The number of anilines is 1. The molecule has 14 heteroatoms. The van der Waals surface area contributed by atoms with Crippen LogP contribution in [-0.2, 0) is 18.2 Å². The zero-order chi connectivity index (χ0) is 41.7. The Balaban J connectivity index is 1.24. The van der Waals surface area contributed by atoms with Gasteiger partial charge in [0.15, 0.2) is 0 Å². The van der Waals surface area contributed by atoms with E-state index in [2.05, 4.69) is 26.4 Å². The molecule has 2 aliphatic heterocycles. The van der Waals surface area contributed by atoms with Crippen molar-refractivity contribution in [1.82, 2.24) is 24.0 Å². The first-order chi connectivity index (χ1) is 28.3. The molecule has 0 spiro atoms. The van der Waals surface area contributed by atoms with E-state index in [1.165, 1.54) is 0 Å². The Kier molecular flexibility index (Phi) is 11.4. The van der Waals surface area contributed by atoms with Crippen molar-refractivity contribution in [3.05, 3.63) is 98.3 Å². The molecule has 1 fully saturated rings. The highest BCUT2D eigenvalue weighted by atomic mass is 35.5. The molecule has 1 atom stereocenters. The summed E-state index contributed by atoms with van der Waals surface area (Å²) in [4.78, 5) is 41.0. The lowest BCUT2D eigenvalue weighted by atomic mass is 9.97. The van der Waals surface area contributed by atoms with Crippen molar-refractivity contribution in [2.75, 3.05) is 57.5 Å². The number of aryl methyl sites for hydroxylation is 6. The molecule has 0 unspecified atom stereocenters. The van der Waals surface area contributed by atoms with E-state index < -0.39 is 5.97 Å². The lowest BCUT2D eigenvalue weighted by molar-refractivity contribution is 0.0322. The molecule has 8 rings (SSSR count). The molecule has 1 saturated heterocycles. The number of fused-ring (bicyclic) bond motifs is 4. The van der Waals surface area contributed by atoms with Crippen molar-refractivity contribution in [2.24, 2.45) is 7.05 Å². The first kappa shape index (κ1) is 40.6. The van der Waals surface area contributed by atoms with E-state index in [-0.39, 0.29) is 17.6 Å². The molecule has 5 heterocycles. The highest BCUT2D eigenvalue weighted by Gasteiger charge is 2.38. The second-order valence-electron chi connectivity index (χ2n) is 15.6. The van der Waals surface area contributed by atoms with Gasteiger partial charge in [0, 0.05) is 83.6 Å². The zero-order valence-electron chi connectivity index (χ0n) is 34.2. The molecule has 3 aromatic carbocycles. The molecule has 0 saturated carbocycles. The van der Waals surface area contributed by atoms with E-state index in [4.69, 9.17) is 37.4 Å². The smallest absolute Gasteiger partial charge is 0.352 e. The van der Waals surface area contributed by atoms with Crippen LogP contribution in [-0.4, -0.2) is 93.6 Å². The Morgan fingerprint density at radius 2 is 1.59 bits per heavy atom. The number of aromatic nitrogens is 4. The predicted molar refractivity (Wildman–Crippen MR) is 231 cm³/mol. The maximum absolute atomic E-state index is 15.4. The van der Waals surface area contributed by atoms with E-state index in [0.717, 1.165) is 74.0 Å². The minimum Gasteiger partial charge on any atom is -0.494 e. The summed E-state index contributed by atoms with van der Waals surface area (Å²) in [5, 5.41) is 13.0. The number of carbonyl (C=O) groups excluding carboxylic acids is 1. The van der Waals surface area contributed by atoms with E-state index in [9.17, 15) is 9.90 Å². The molecule has 6 aromatic rings. The molecule has 59 heavy (non-hydrogen) atoms. The van der Waals surface area contributed by atoms with Crippen LogP contribution in [0, 0.1) is 27.7 Å². The molecule has 3 aromatic heterocycles. The van der Waals surface area contributed by atoms with Gasteiger partial charge in [0.2, 0.25) is 0 Å². The third kappa shape index (κ3) is 7.52. The van der Waals surface area contributed by atoms with Crippen LogP contribution in [0.5, 0.6) is 11.5 Å². The fourth-order valence-corrected chi connectivity index (χ4v) is 9.18. The maximum Gasteiger partial charge on any atom is 0.352 e. The maximum atomic E-state index is 15.4. The fourth-order valence-electron chi connectivity index (χ4n) is 8.82. The van der Waals surface area contributed by atoms with Gasteiger partial charge in [-0.3, -0.25) is 9.69 Å². The van der Waals surface area contributed by atoms with Crippen molar-refractivity contribution in [1.29, 1.82) is 0 Å². The molecule has 1 amide bonds. The molecular weight excluding hydrogens is 791 g/mol. The van der Waals surface area contributed by atoms with Gasteiger partial charge in [0.25, 0.3) is 5.91 Å². The number of ether oxygens (including phenoxy) is 3. The van der Waals surface area contributed by atoms with Gasteiger partial charge in [-0.25, -0.2) is 14.8 Å². The monoisotopic (exact) mass is 838 g/mol. The Bertz CT molecular complexity index is 2590. The van der Waals surface area contributed by atoms with Crippen LogP contribution in [0.2, 0.25) is 10.0 Å². The number of amides is 1. The van der Waals surface area contributed by atoms with Crippen LogP contribution in [0.1, 0.15) is 68.4 Å². The fraction of sp³-hybridized carbons (Fsp3) is 0.378. The molecular formula is C45H48Cl2N6O6. The molecule has 0 aliphatic carbocycles. The number of hydrogen-bond donors (Lipinski definition) is 1. The van der Waals surface area contributed by atoms with Gasteiger partial charge >= 0.3 is 5.97 Å². The first-order valence-electron chi connectivity index (χ1n) is 20.0. The van der Waals surface area contributed by atoms with Gasteiger partial charge in [-0.2, -0.15) is 0 Å². The first-order valence-corrected chi connectivity index (χ1v) is 20.7. The molecule has 12 nitrogen and oxygen atoms in total. The van der Waals surface area contributed by atoms with Gasteiger partial charge in [-0.15, -0.1) is 0 Å². The largest absolute Gasteiger partial charge is 0.494 e. The number of aromatic carboxylic acids is 1. The summed E-state index contributed by atoms with van der Waals surface area (Å²) < 4.78 is 21.9. The third-order valence-electron chi connectivity index (χ3n) is 11.7. The lowest BCUT2D eigenvalue weighted by Gasteiger charge is -2.35. The number of benzene rings is 3. The van der Waals surface area contributed by atoms with Crippen LogP contribution in [0.25, 0.3) is 32.9 Å². The normalized spacial score (nSPS) is 16.0. The SMILES string of the molecule is Cc1cc(OCCCc2c3n(c4c(-c5c(C)ncnc5C)c(Cl)ccc24)[C@H](C)CN(c2cc(OCCN4CCOCC4)cc4cc(C(=O)O)n(C)c24)C3=O)cc(C)c1Cl. The minimum atomic E-state index is -1.06. The number of hydrogen-bond acceptors (Lipinski definition) is 8. The average Bonchev–Trinajstić information content (AvgIpc) is 3.73. The summed E-state index contributed by atoms with van der Waals surface area (Å²) in [5.74, 6) is 0.0385. The number of carboxylic acid groups (broad SMARTS) is 1. The van der Waals surface area contributed by atoms with E-state index in [1.807, 2.05) is 64.1 Å². The summed E-state index contributed by atoms with van der Waals surface area (Å²) in [6.07, 6.45) is 2.71. The summed E-state index contributed by atoms with van der Waals surface area (Å²) in [5.41, 5.74) is 8.69. The van der Waals surface area contributed by atoms with Gasteiger partial charge in [0.1, 0.15) is 35.8 Å². The number of carboxylic acids is 1. The van der Waals surface area contributed by atoms with Gasteiger partial charge in [-0.05, 0) is 94.5 Å². The summed E-state index contributed by atoms with van der Waals surface area (Å²) in [6.45, 7) is 14.8. The number of rotatable bonds is 12. The van der Waals surface area contributed by atoms with Crippen LogP contribution >= 0.6 is 23.2 Å². The van der Waals surface area contributed by atoms with Crippen LogP contribution in [0.15, 0.2) is 48.8 Å². The highest BCUT2D eigenvalue weighted by molar-refractivity contribution is 6.35. The number of carbonyl (C=O) groups is 2. The van der Waals surface area contributed by atoms with Crippen LogP contribution in [0.3, 0.4) is 0 Å². The van der Waals surface area contributed by atoms with Gasteiger partial charge < -0.3 is 33.4 Å². The Morgan fingerprint density at radius 1 is 0.915 bits per heavy atom. The van der Waals surface area contributed by atoms with Crippen molar-refractivity contribution in [3.8, 4) is 22.6 Å². The zero-order valence-corrected chi connectivity index (χ0v) is 35.7. The second-order valence-corrected chi connectivity index (χ2v) is 16.4. The van der Waals surface area contributed by atoms with Crippen molar-refractivity contribution < 1.29 is 28.9 Å². The second kappa shape index (κ2) is 16.5. The summed E-state index contributed by atoms with van der Waals surface area (Å²) in [6, 6.07) is 12.9.